The third-order valence-corrected chi connectivity index (χ3v) is 7.26. The zero-order chi connectivity index (χ0) is 23.3. The Morgan fingerprint density at radius 1 is 1.12 bits per heavy atom. The van der Waals surface area contributed by atoms with E-state index in [1.807, 2.05) is 17.8 Å². The van der Waals surface area contributed by atoms with Crippen molar-refractivity contribution in [2.75, 3.05) is 30.2 Å². The molecule has 2 heterocycles. The van der Waals surface area contributed by atoms with E-state index in [1.165, 1.54) is 12.1 Å². The number of imidazole rings is 1. The Morgan fingerprint density at radius 2 is 1.88 bits per heavy atom. The standard InChI is InChI=1S/C22H24N4O5S2/c1-26-11-9-24-22(26)32-14-10-23-21(27)16-3-5-17(6-4-16)25-33(28,29)18-7-8-19-20(15-18)31-13-2-12-30-19/h3-9,11,15,25H,2,10,12-14H2,1H3,(H,23,27). The molecule has 0 bridgehead atoms. The van der Waals surface area contributed by atoms with Crippen LogP contribution in [0.3, 0.4) is 0 Å². The van der Waals surface area contributed by atoms with Crippen LogP contribution in [0.25, 0.3) is 0 Å². The lowest BCUT2D eigenvalue weighted by Gasteiger charge is -2.12. The quantitative estimate of drug-likeness (QED) is 0.370. The van der Waals surface area contributed by atoms with Crippen LogP contribution in [0, 0.1) is 0 Å². The van der Waals surface area contributed by atoms with Crippen LogP contribution in [0.2, 0.25) is 0 Å². The van der Waals surface area contributed by atoms with Gasteiger partial charge in [-0.3, -0.25) is 9.52 Å². The summed E-state index contributed by atoms with van der Waals surface area (Å²) in [6.45, 7) is 1.48. The van der Waals surface area contributed by atoms with Gasteiger partial charge in [0.2, 0.25) is 0 Å². The highest BCUT2D eigenvalue weighted by Gasteiger charge is 2.19. The second-order valence-corrected chi connectivity index (χ2v) is 10.0. The van der Waals surface area contributed by atoms with Crippen LogP contribution in [-0.2, 0) is 17.1 Å². The molecule has 0 aliphatic carbocycles. The first-order valence-electron chi connectivity index (χ1n) is 10.3. The van der Waals surface area contributed by atoms with Gasteiger partial charge < -0.3 is 19.4 Å². The topological polar surface area (TPSA) is 112 Å². The highest BCUT2D eigenvalue weighted by molar-refractivity contribution is 7.99. The molecule has 1 aliphatic heterocycles. The number of carbonyl (C=O) groups excluding carboxylic acids is 1. The Kier molecular flexibility index (Phi) is 7.09. The van der Waals surface area contributed by atoms with Crippen molar-refractivity contribution in [2.24, 2.45) is 7.05 Å². The van der Waals surface area contributed by atoms with Crippen molar-refractivity contribution in [3.8, 4) is 11.5 Å². The molecule has 9 nitrogen and oxygen atoms in total. The summed E-state index contributed by atoms with van der Waals surface area (Å²) in [5.41, 5.74) is 0.791. The largest absolute Gasteiger partial charge is 0.490 e. The van der Waals surface area contributed by atoms with Crippen LogP contribution in [0.1, 0.15) is 16.8 Å². The lowest BCUT2D eigenvalue weighted by atomic mass is 10.2. The number of carbonyl (C=O) groups is 1. The third kappa shape index (κ3) is 5.79. The van der Waals surface area contributed by atoms with Crippen LogP contribution < -0.4 is 19.5 Å². The molecule has 174 valence electrons. The van der Waals surface area contributed by atoms with Crippen LogP contribution in [-0.4, -0.2) is 49.4 Å². The second kappa shape index (κ2) is 10.2. The maximum Gasteiger partial charge on any atom is 0.262 e. The van der Waals surface area contributed by atoms with E-state index in [1.54, 1.807) is 48.3 Å². The van der Waals surface area contributed by atoms with E-state index in [0.717, 1.165) is 11.6 Å². The maximum absolute atomic E-state index is 12.8. The van der Waals surface area contributed by atoms with Gasteiger partial charge in [-0.25, -0.2) is 13.4 Å². The first-order valence-corrected chi connectivity index (χ1v) is 12.8. The van der Waals surface area contributed by atoms with Crippen molar-refractivity contribution in [3.05, 3.63) is 60.4 Å². The maximum atomic E-state index is 12.8. The number of rotatable bonds is 8. The fraction of sp³-hybridized carbons (Fsp3) is 0.273. The van der Waals surface area contributed by atoms with E-state index in [-0.39, 0.29) is 10.8 Å². The fourth-order valence-electron chi connectivity index (χ4n) is 3.11. The molecule has 2 N–H and O–H groups in total. The van der Waals surface area contributed by atoms with Gasteiger partial charge in [0.1, 0.15) is 0 Å². The van der Waals surface area contributed by atoms with E-state index >= 15 is 0 Å². The molecule has 0 saturated carbocycles. The lowest BCUT2D eigenvalue weighted by Crippen LogP contribution is -2.25. The number of benzene rings is 2. The monoisotopic (exact) mass is 488 g/mol. The molecule has 3 aromatic rings. The molecule has 1 amide bonds. The molecule has 33 heavy (non-hydrogen) atoms. The number of nitrogens with zero attached hydrogens (tertiary/aromatic N) is 2. The molecule has 1 aliphatic rings. The minimum Gasteiger partial charge on any atom is -0.490 e. The molecular formula is C22H24N4O5S2. The van der Waals surface area contributed by atoms with Crippen molar-refractivity contribution >= 4 is 33.4 Å². The number of aromatic nitrogens is 2. The summed E-state index contributed by atoms with van der Waals surface area (Å²) < 4.78 is 41.1. The van der Waals surface area contributed by atoms with Crippen molar-refractivity contribution in [2.45, 2.75) is 16.5 Å². The minimum atomic E-state index is -3.83. The van der Waals surface area contributed by atoms with Gasteiger partial charge in [0.05, 0.1) is 18.1 Å². The number of amides is 1. The normalized spacial score (nSPS) is 13.2. The van der Waals surface area contributed by atoms with Gasteiger partial charge in [0.15, 0.2) is 16.7 Å². The zero-order valence-corrected chi connectivity index (χ0v) is 19.6. The predicted octanol–water partition coefficient (Wildman–Crippen LogP) is 2.90. The Morgan fingerprint density at radius 3 is 2.61 bits per heavy atom. The van der Waals surface area contributed by atoms with Gasteiger partial charge >= 0.3 is 0 Å². The van der Waals surface area contributed by atoms with Crippen LogP contribution in [0.15, 0.2) is 64.9 Å². The van der Waals surface area contributed by atoms with Gasteiger partial charge in [0.25, 0.3) is 15.9 Å². The summed E-state index contributed by atoms with van der Waals surface area (Å²) >= 11 is 1.55. The van der Waals surface area contributed by atoms with E-state index in [2.05, 4.69) is 15.0 Å². The second-order valence-electron chi connectivity index (χ2n) is 7.27. The Bertz CT molecular complexity index is 1230. The number of hydrogen-bond donors (Lipinski definition) is 2. The average Bonchev–Trinajstić information content (AvgIpc) is 3.06. The Labute approximate surface area is 196 Å². The van der Waals surface area contributed by atoms with Crippen LogP contribution in [0.5, 0.6) is 11.5 Å². The fourth-order valence-corrected chi connectivity index (χ4v) is 4.97. The number of anilines is 1. The van der Waals surface area contributed by atoms with E-state index in [9.17, 15) is 13.2 Å². The van der Waals surface area contributed by atoms with Gasteiger partial charge in [-0.1, -0.05) is 11.8 Å². The molecule has 0 fully saturated rings. The van der Waals surface area contributed by atoms with Gasteiger partial charge in [0, 0.05) is 55.5 Å². The Balaban J connectivity index is 1.33. The molecule has 0 radical (unpaired) electrons. The number of thioether (sulfide) groups is 1. The summed E-state index contributed by atoms with van der Waals surface area (Å²) in [7, 11) is -1.92. The first-order chi connectivity index (χ1) is 15.9. The SMILES string of the molecule is Cn1ccnc1SCCNC(=O)c1ccc(NS(=O)(=O)c2ccc3c(c2)OCCCO3)cc1. The summed E-state index contributed by atoms with van der Waals surface area (Å²) in [4.78, 5) is 16.6. The molecule has 2 aromatic carbocycles. The predicted molar refractivity (Wildman–Crippen MR) is 126 cm³/mol. The first kappa shape index (κ1) is 23.0. The highest BCUT2D eigenvalue weighted by Crippen LogP contribution is 2.32. The minimum absolute atomic E-state index is 0.0683. The molecule has 0 spiro atoms. The number of ether oxygens (including phenoxy) is 2. The molecule has 11 heteroatoms. The van der Waals surface area contributed by atoms with Crippen LogP contribution >= 0.6 is 11.8 Å². The lowest BCUT2D eigenvalue weighted by molar-refractivity contribution is 0.0956. The van der Waals surface area contributed by atoms with Gasteiger partial charge in [-0.15, -0.1) is 0 Å². The van der Waals surface area contributed by atoms with E-state index in [0.29, 0.717) is 48.3 Å². The summed E-state index contributed by atoms with van der Waals surface area (Å²) in [5.74, 6) is 1.39. The number of aryl methyl sites for hydroxylation is 1. The number of hydrogen-bond acceptors (Lipinski definition) is 7. The molecule has 0 atom stereocenters. The highest BCUT2D eigenvalue weighted by atomic mass is 32.2. The molecule has 1 aromatic heterocycles. The third-order valence-electron chi connectivity index (χ3n) is 4.82. The van der Waals surface area contributed by atoms with Crippen molar-refractivity contribution < 1.29 is 22.7 Å². The summed E-state index contributed by atoms with van der Waals surface area (Å²) in [6, 6.07) is 10.8. The molecule has 0 saturated heterocycles. The summed E-state index contributed by atoms with van der Waals surface area (Å²) in [6.07, 6.45) is 4.33. The molecule has 4 rings (SSSR count). The van der Waals surface area contributed by atoms with E-state index in [4.69, 9.17) is 9.47 Å². The van der Waals surface area contributed by atoms with Crippen molar-refractivity contribution in [3.63, 3.8) is 0 Å². The van der Waals surface area contributed by atoms with Crippen molar-refractivity contribution in [1.82, 2.24) is 14.9 Å². The average molecular weight is 489 g/mol. The Hall–Kier alpha value is -3.18. The van der Waals surface area contributed by atoms with Gasteiger partial charge in [-0.2, -0.15) is 0 Å². The smallest absolute Gasteiger partial charge is 0.262 e. The number of fused-ring (bicyclic) bond motifs is 1. The number of sulfonamides is 1. The zero-order valence-electron chi connectivity index (χ0n) is 18.0. The molecule has 0 unspecified atom stereocenters. The summed E-state index contributed by atoms with van der Waals surface area (Å²) in [5, 5.41) is 3.73. The van der Waals surface area contributed by atoms with E-state index < -0.39 is 10.0 Å². The van der Waals surface area contributed by atoms with Gasteiger partial charge in [-0.05, 0) is 36.4 Å². The number of nitrogens with one attached hydrogen (secondary N) is 2. The molecular weight excluding hydrogens is 464 g/mol. The van der Waals surface area contributed by atoms with Crippen LogP contribution in [0.4, 0.5) is 5.69 Å². The van der Waals surface area contributed by atoms with Crippen molar-refractivity contribution in [1.29, 1.82) is 0 Å².